The van der Waals surface area contributed by atoms with E-state index in [4.69, 9.17) is 19.9 Å². The van der Waals surface area contributed by atoms with Gasteiger partial charge in [0.25, 0.3) is 0 Å². The molecule has 0 amide bonds. The molecular formula is C42H26N6. The maximum atomic E-state index is 5.22. The van der Waals surface area contributed by atoms with E-state index in [9.17, 15) is 0 Å². The summed E-state index contributed by atoms with van der Waals surface area (Å²) in [5.74, 6) is 0. The third-order valence-corrected chi connectivity index (χ3v) is 8.57. The highest BCUT2D eigenvalue weighted by molar-refractivity contribution is 6.04. The average Bonchev–Trinajstić information content (AvgIpc) is 3.17. The molecular weight excluding hydrogens is 589 g/mol. The van der Waals surface area contributed by atoms with Gasteiger partial charge in [0.1, 0.15) is 11.4 Å². The Kier molecular flexibility index (Phi) is 6.68. The summed E-state index contributed by atoms with van der Waals surface area (Å²) < 4.78 is 0. The Labute approximate surface area is 276 Å². The van der Waals surface area contributed by atoms with Gasteiger partial charge in [-0.1, -0.05) is 97.1 Å². The van der Waals surface area contributed by atoms with E-state index >= 15 is 0 Å². The van der Waals surface area contributed by atoms with E-state index in [2.05, 4.69) is 88.8 Å². The summed E-state index contributed by atoms with van der Waals surface area (Å²) in [6.07, 6.45) is 3.55. The van der Waals surface area contributed by atoms with Crippen LogP contribution in [0, 0.1) is 0 Å². The van der Waals surface area contributed by atoms with E-state index in [1.54, 1.807) is 12.4 Å². The van der Waals surface area contributed by atoms with Crippen LogP contribution in [0.2, 0.25) is 0 Å². The molecule has 0 N–H and O–H groups in total. The van der Waals surface area contributed by atoms with Gasteiger partial charge in [0, 0.05) is 39.9 Å². The fourth-order valence-electron chi connectivity index (χ4n) is 6.22. The highest BCUT2D eigenvalue weighted by Crippen LogP contribution is 2.35. The second-order valence-corrected chi connectivity index (χ2v) is 11.6. The fraction of sp³-hybridized carbons (Fsp3) is 0. The zero-order valence-corrected chi connectivity index (χ0v) is 25.7. The first-order valence-corrected chi connectivity index (χ1v) is 15.8. The molecule has 0 fully saturated rings. The van der Waals surface area contributed by atoms with Crippen LogP contribution in [0.4, 0.5) is 0 Å². The molecule has 0 saturated heterocycles. The van der Waals surface area contributed by atoms with Crippen LogP contribution >= 0.6 is 0 Å². The minimum atomic E-state index is 0.691. The van der Waals surface area contributed by atoms with Gasteiger partial charge in [-0.15, -0.1) is 0 Å². The molecule has 0 atom stereocenters. The third kappa shape index (κ3) is 4.93. The van der Waals surface area contributed by atoms with E-state index in [-0.39, 0.29) is 0 Å². The van der Waals surface area contributed by atoms with Crippen LogP contribution in [0.3, 0.4) is 0 Å². The lowest BCUT2D eigenvalue weighted by atomic mass is 9.99. The van der Waals surface area contributed by atoms with Crippen molar-refractivity contribution >= 4 is 32.8 Å². The van der Waals surface area contributed by atoms with Crippen LogP contribution in [0.1, 0.15) is 0 Å². The van der Waals surface area contributed by atoms with Crippen LogP contribution in [0.5, 0.6) is 0 Å². The van der Waals surface area contributed by atoms with Crippen LogP contribution < -0.4 is 0 Å². The average molecular weight is 615 g/mol. The lowest BCUT2D eigenvalue weighted by molar-refractivity contribution is 1.21. The van der Waals surface area contributed by atoms with E-state index in [0.29, 0.717) is 11.4 Å². The van der Waals surface area contributed by atoms with Crippen molar-refractivity contribution in [2.24, 2.45) is 0 Å². The SMILES string of the molecule is c1ccc(-c2ccc3ccc4ccc(-c5cccc(-c6cccc7nc(-c8ccccn8)c(-c8ccccn8)nc67)c5)nc4c3n2)cc1. The molecule has 0 aliphatic carbocycles. The first-order chi connectivity index (χ1) is 23.8. The summed E-state index contributed by atoms with van der Waals surface area (Å²) >= 11 is 0. The Morgan fingerprint density at radius 2 is 0.896 bits per heavy atom. The molecule has 0 spiro atoms. The number of nitrogens with zero attached hydrogens (tertiary/aromatic N) is 6. The van der Waals surface area contributed by atoms with E-state index in [1.807, 2.05) is 66.7 Å². The number of benzene rings is 4. The highest BCUT2D eigenvalue weighted by atomic mass is 14.9. The quantitative estimate of drug-likeness (QED) is 0.180. The second-order valence-electron chi connectivity index (χ2n) is 11.6. The van der Waals surface area contributed by atoms with Crippen molar-refractivity contribution in [2.75, 3.05) is 0 Å². The largest absolute Gasteiger partial charge is 0.255 e. The van der Waals surface area contributed by atoms with E-state index in [0.717, 1.165) is 77.9 Å². The molecule has 9 rings (SSSR count). The van der Waals surface area contributed by atoms with E-state index in [1.165, 1.54) is 0 Å². The molecule has 4 aromatic carbocycles. The Morgan fingerprint density at radius 1 is 0.333 bits per heavy atom. The predicted octanol–water partition coefficient (Wildman–Crippen LogP) is 9.85. The number of hydrogen-bond donors (Lipinski definition) is 0. The summed E-state index contributed by atoms with van der Waals surface area (Å²) in [5.41, 5.74) is 12.1. The Balaban J connectivity index is 1.18. The summed E-state index contributed by atoms with van der Waals surface area (Å²) in [4.78, 5) is 29.8. The van der Waals surface area contributed by atoms with Gasteiger partial charge in [0.2, 0.25) is 0 Å². The van der Waals surface area contributed by atoms with Crippen molar-refractivity contribution in [3.63, 3.8) is 0 Å². The normalized spacial score (nSPS) is 11.3. The summed E-state index contributed by atoms with van der Waals surface area (Å²) in [6.45, 7) is 0. The van der Waals surface area contributed by atoms with Gasteiger partial charge < -0.3 is 0 Å². The maximum absolute atomic E-state index is 5.22. The molecule has 5 aromatic heterocycles. The highest BCUT2D eigenvalue weighted by Gasteiger charge is 2.18. The van der Waals surface area contributed by atoms with Crippen molar-refractivity contribution in [1.29, 1.82) is 0 Å². The van der Waals surface area contributed by atoms with Gasteiger partial charge in [-0.05, 0) is 54.1 Å². The van der Waals surface area contributed by atoms with Crippen LogP contribution in [-0.2, 0) is 0 Å². The molecule has 0 aliphatic heterocycles. The van der Waals surface area contributed by atoms with E-state index < -0.39 is 0 Å². The summed E-state index contributed by atoms with van der Waals surface area (Å²) in [7, 11) is 0. The first-order valence-electron chi connectivity index (χ1n) is 15.8. The third-order valence-electron chi connectivity index (χ3n) is 8.57. The number of pyridine rings is 4. The van der Waals surface area contributed by atoms with Crippen molar-refractivity contribution < 1.29 is 0 Å². The Bertz CT molecular complexity index is 2610. The van der Waals surface area contributed by atoms with Crippen LogP contribution in [0.15, 0.2) is 158 Å². The van der Waals surface area contributed by atoms with Crippen LogP contribution in [-0.4, -0.2) is 29.9 Å². The molecule has 5 heterocycles. The molecule has 6 heteroatoms. The summed E-state index contributed by atoms with van der Waals surface area (Å²) in [6, 6.07) is 49.1. The minimum absolute atomic E-state index is 0.691. The molecule has 0 unspecified atom stereocenters. The summed E-state index contributed by atoms with van der Waals surface area (Å²) in [5, 5.41) is 2.11. The predicted molar refractivity (Wildman–Crippen MR) is 193 cm³/mol. The van der Waals surface area contributed by atoms with Crippen molar-refractivity contribution in [3.8, 4) is 56.4 Å². The number of fused-ring (bicyclic) bond motifs is 4. The topological polar surface area (TPSA) is 77.3 Å². The van der Waals surface area contributed by atoms with Gasteiger partial charge in [-0.3, -0.25) is 9.97 Å². The zero-order chi connectivity index (χ0) is 31.9. The smallest absolute Gasteiger partial charge is 0.117 e. The lowest BCUT2D eigenvalue weighted by Crippen LogP contribution is -1.99. The molecule has 0 bridgehead atoms. The maximum Gasteiger partial charge on any atom is 0.117 e. The zero-order valence-electron chi connectivity index (χ0n) is 25.7. The second kappa shape index (κ2) is 11.6. The Morgan fingerprint density at radius 3 is 1.56 bits per heavy atom. The number of para-hydroxylation sites is 1. The van der Waals surface area contributed by atoms with Gasteiger partial charge >= 0.3 is 0 Å². The van der Waals surface area contributed by atoms with Crippen molar-refractivity contribution in [2.45, 2.75) is 0 Å². The molecule has 9 aromatic rings. The van der Waals surface area contributed by atoms with Crippen molar-refractivity contribution in [3.05, 3.63) is 158 Å². The van der Waals surface area contributed by atoms with Gasteiger partial charge in [-0.25, -0.2) is 19.9 Å². The monoisotopic (exact) mass is 614 g/mol. The molecule has 224 valence electrons. The fourth-order valence-corrected chi connectivity index (χ4v) is 6.22. The molecule has 0 radical (unpaired) electrons. The molecule has 0 aliphatic rings. The molecule has 0 saturated carbocycles. The van der Waals surface area contributed by atoms with Crippen molar-refractivity contribution in [1.82, 2.24) is 29.9 Å². The lowest BCUT2D eigenvalue weighted by Gasteiger charge is -2.13. The van der Waals surface area contributed by atoms with Gasteiger partial charge in [0.05, 0.1) is 44.8 Å². The standard InChI is InChI=1S/C42H26N6/c1-2-10-27(11-3-1)33-22-20-28-18-19-29-21-23-34(46-39(29)38(28)45-33)31-13-8-12-30(26-31)32-14-9-17-37-40(32)48-42(36-16-5-7-25-44-36)41(47-37)35-15-4-6-24-43-35/h1-26H. The molecule has 6 nitrogen and oxygen atoms in total. The van der Waals surface area contributed by atoms with Gasteiger partial charge in [0.15, 0.2) is 0 Å². The Hall–Kier alpha value is -6.66. The first kappa shape index (κ1) is 27.6. The van der Waals surface area contributed by atoms with Crippen LogP contribution in [0.25, 0.3) is 89.3 Å². The number of rotatable bonds is 5. The van der Waals surface area contributed by atoms with Gasteiger partial charge in [-0.2, -0.15) is 0 Å². The number of aromatic nitrogens is 6. The minimum Gasteiger partial charge on any atom is -0.255 e. The number of hydrogen-bond acceptors (Lipinski definition) is 6. The molecule has 48 heavy (non-hydrogen) atoms.